The first-order chi connectivity index (χ1) is 9.86. The van der Waals surface area contributed by atoms with Crippen LogP contribution in [0.4, 0.5) is 0 Å². The Labute approximate surface area is 119 Å². The topological polar surface area (TPSA) is 38.3 Å². The molecule has 0 aliphatic carbocycles. The van der Waals surface area contributed by atoms with Crippen LogP contribution in [-0.2, 0) is 11.3 Å². The molecule has 2 aromatic rings. The molecule has 0 atom stereocenters. The number of rotatable bonds is 8. The SMILES string of the molecule is O=C(COCCNCc1ccccc1)c1ccccc1. The summed E-state index contributed by atoms with van der Waals surface area (Å²) in [5.41, 5.74) is 1.94. The van der Waals surface area contributed by atoms with Gasteiger partial charge in [0.05, 0.1) is 6.61 Å². The van der Waals surface area contributed by atoms with Gasteiger partial charge in [-0.2, -0.15) is 0 Å². The second-order valence-electron chi connectivity index (χ2n) is 4.50. The first-order valence-corrected chi connectivity index (χ1v) is 6.77. The summed E-state index contributed by atoms with van der Waals surface area (Å²) in [6.07, 6.45) is 0. The molecule has 0 saturated carbocycles. The van der Waals surface area contributed by atoms with Crippen LogP contribution < -0.4 is 5.32 Å². The summed E-state index contributed by atoms with van der Waals surface area (Å²) in [7, 11) is 0. The van der Waals surface area contributed by atoms with E-state index in [0.717, 1.165) is 13.1 Å². The van der Waals surface area contributed by atoms with Crippen LogP contribution in [0, 0.1) is 0 Å². The van der Waals surface area contributed by atoms with Crippen molar-refractivity contribution >= 4 is 5.78 Å². The molecule has 104 valence electrons. The number of Topliss-reactive ketones (excluding diaryl/α,β-unsaturated/α-hetero) is 1. The summed E-state index contributed by atoms with van der Waals surface area (Å²) in [4.78, 5) is 11.8. The number of carbonyl (C=O) groups excluding carboxylic acids is 1. The van der Waals surface area contributed by atoms with Crippen molar-refractivity contribution in [3.8, 4) is 0 Å². The van der Waals surface area contributed by atoms with E-state index in [1.807, 2.05) is 36.4 Å². The summed E-state index contributed by atoms with van der Waals surface area (Å²) in [5.74, 6) is 0.0219. The summed E-state index contributed by atoms with van der Waals surface area (Å²) >= 11 is 0. The second kappa shape index (κ2) is 8.25. The van der Waals surface area contributed by atoms with Crippen molar-refractivity contribution in [2.24, 2.45) is 0 Å². The van der Waals surface area contributed by atoms with E-state index in [4.69, 9.17) is 4.74 Å². The zero-order valence-corrected chi connectivity index (χ0v) is 11.4. The zero-order valence-electron chi connectivity index (χ0n) is 11.4. The highest BCUT2D eigenvalue weighted by Crippen LogP contribution is 2.00. The average Bonchev–Trinajstić information content (AvgIpc) is 2.52. The van der Waals surface area contributed by atoms with E-state index in [1.54, 1.807) is 12.1 Å². The maximum Gasteiger partial charge on any atom is 0.188 e. The summed E-state index contributed by atoms with van der Waals surface area (Å²) in [6.45, 7) is 2.22. The van der Waals surface area contributed by atoms with Crippen LogP contribution in [0.3, 0.4) is 0 Å². The minimum absolute atomic E-state index is 0.0219. The van der Waals surface area contributed by atoms with Crippen LogP contribution in [0.1, 0.15) is 15.9 Å². The van der Waals surface area contributed by atoms with Crippen LogP contribution in [0.5, 0.6) is 0 Å². The van der Waals surface area contributed by atoms with Crippen LogP contribution in [0.25, 0.3) is 0 Å². The molecule has 0 aliphatic rings. The molecule has 0 radical (unpaired) electrons. The molecule has 2 aromatic carbocycles. The van der Waals surface area contributed by atoms with E-state index < -0.39 is 0 Å². The maximum absolute atomic E-state index is 11.8. The molecule has 3 nitrogen and oxygen atoms in total. The van der Waals surface area contributed by atoms with Gasteiger partial charge in [-0.05, 0) is 5.56 Å². The van der Waals surface area contributed by atoms with Crippen molar-refractivity contribution in [3.05, 3.63) is 71.8 Å². The lowest BCUT2D eigenvalue weighted by Gasteiger charge is -2.06. The molecule has 0 fully saturated rings. The number of ether oxygens (including phenoxy) is 1. The number of benzene rings is 2. The standard InChI is InChI=1S/C17H19NO2/c19-17(16-9-5-2-6-10-16)14-20-12-11-18-13-15-7-3-1-4-8-15/h1-10,18H,11-14H2. The third-order valence-electron chi connectivity index (χ3n) is 2.92. The molecular weight excluding hydrogens is 250 g/mol. The number of hydrogen-bond donors (Lipinski definition) is 1. The van der Waals surface area contributed by atoms with Crippen LogP contribution >= 0.6 is 0 Å². The highest BCUT2D eigenvalue weighted by Gasteiger charge is 2.04. The lowest BCUT2D eigenvalue weighted by Crippen LogP contribution is -2.21. The minimum atomic E-state index is 0.0219. The summed E-state index contributed by atoms with van der Waals surface area (Å²) in [5, 5.41) is 3.28. The zero-order chi connectivity index (χ0) is 14.0. The average molecular weight is 269 g/mol. The van der Waals surface area contributed by atoms with Crippen LogP contribution in [0.15, 0.2) is 60.7 Å². The van der Waals surface area contributed by atoms with E-state index >= 15 is 0 Å². The Morgan fingerprint density at radius 2 is 1.60 bits per heavy atom. The Morgan fingerprint density at radius 3 is 2.30 bits per heavy atom. The highest BCUT2D eigenvalue weighted by atomic mass is 16.5. The number of nitrogens with one attached hydrogen (secondary N) is 1. The second-order valence-corrected chi connectivity index (χ2v) is 4.50. The predicted molar refractivity (Wildman–Crippen MR) is 79.7 cm³/mol. The summed E-state index contributed by atoms with van der Waals surface area (Å²) in [6, 6.07) is 19.4. The largest absolute Gasteiger partial charge is 0.372 e. The van der Waals surface area contributed by atoms with E-state index in [9.17, 15) is 4.79 Å². The fourth-order valence-electron chi connectivity index (χ4n) is 1.85. The molecule has 1 N–H and O–H groups in total. The van der Waals surface area contributed by atoms with Crippen molar-refractivity contribution < 1.29 is 9.53 Å². The van der Waals surface area contributed by atoms with Gasteiger partial charge < -0.3 is 10.1 Å². The first kappa shape index (κ1) is 14.4. The van der Waals surface area contributed by atoms with Gasteiger partial charge in [0.1, 0.15) is 6.61 Å². The van der Waals surface area contributed by atoms with Crippen molar-refractivity contribution in [2.75, 3.05) is 19.8 Å². The molecule has 0 amide bonds. The Bertz CT molecular complexity index is 511. The van der Waals surface area contributed by atoms with E-state index in [-0.39, 0.29) is 12.4 Å². The molecule has 0 bridgehead atoms. The Morgan fingerprint density at radius 1 is 0.950 bits per heavy atom. The number of carbonyl (C=O) groups is 1. The predicted octanol–water partition coefficient (Wildman–Crippen LogP) is 2.68. The molecule has 0 spiro atoms. The van der Waals surface area contributed by atoms with Gasteiger partial charge in [0, 0.05) is 18.7 Å². The van der Waals surface area contributed by atoms with Gasteiger partial charge >= 0.3 is 0 Å². The lowest BCUT2D eigenvalue weighted by atomic mass is 10.1. The molecule has 0 saturated heterocycles. The molecule has 0 aromatic heterocycles. The van der Waals surface area contributed by atoms with Crippen molar-refractivity contribution in [1.29, 1.82) is 0 Å². The highest BCUT2D eigenvalue weighted by molar-refractivity contribution is 5.96. The molecule has 2 rings (SSSR count). The van der Waals surface area contributed by atoms with E-state index in [1.165, 1.54) is 5.56 Å². The third kappa shape index (κ3) is 4.96. The monoisotopic (exact) mass is 269 g/mol. The van der Waals surface area contributed by atoms with Gasteiger partial charge in [0.2, 0.25) is 0 Å². The Hall–Kier alpha value is -1.97. The van der Waals surface area contributed by atoms with Crippen LogP contribution in [0.2, 0.25) is 0 Å². The number of ketones is 1. The van der Waals surface area contributed by atoms with Gasteiger partial charge in [-0.15, -0.1) is 0 Å². The maximum atomic E-state index is 11.8. The molecule has 20 heavy (non-hydrogen) atoms. The van der Waals surface area contributed by atoms with E-state index in [2.05, 4.69) is 17.4 Å². The molecule has 0 aliphatic heterocycles. The molecule has 0 unspecified atom stereocenters. The van der Waals surface area contributed by atoms with E-state index in [0.29, 0.717) is 12.2 Å². The fraction of sp³-hybridized carbons (Fsp3) is 0.235. The van der Waals surface area contributed by atoms with Crippen molar-refractivity contribution in [2.45, 2.75) is 6.54 Å². The molecular formula is C17H19NO2. The molecule has 0 heterocycles. The Balaban J connectivity index is 1.57. The number of hydrogen-bond acceptors (Lipinski definition) is 3. The van der Waals surface area contributed by atoms with Gasteiger partial charge in [0.25, 0.3) is 0 Å². The first-order valence-electron chi connectivity index (χ1n) is 6.77. The molecule has 3 heteroatoms. The van der Waals surface area contributed by atoms with Gasteiger partial charge in [0.15, 0.2) is 5.78 Å². The Kier molecular flexibility index (Phi) is 5.96. The minimum Gasteiger partial charge on any atom is -0.372 e. The van der Waals surface area contributed by atoms with Gasteiger partial charge in [-0.1, -0.05) is 60.7 Å². The van der Waals surface area contributed by atoms with Crippen molar-refractivity contribution in [3.63, 3.8) is 0 Å². The third-order valence-corrected chi connectivity index (χ3v) is 2.92. The smallest absolute Gasteiger partial charge is 0.188 e. The summed E-state index contributed by atoms with van der Waals surface area (Å²) < 4.78 is 5.38. The van der Waals surface area contributed by atoms with Crippen molar-refractivity contribution in [1.82, 2.24) is 5.32 Å². The lowest BCUT2D eigenvalue weighted by molar-refractivity contribution is 0.0764. The van der Waals surface area contributed by atoms with Crippen LogP contribution in [-0.4, -0.2) is 25.5 Å². The van der Waals surface area contributed by atoms with Gasteiger partial charge in [-0.25, -0.2) is 0 Å². The quantitative estimate of drug-likeness (QED) is 0.591. The van der Waals surface area contributed by atoms with Gasteiger partial charge in [-0.3, -0.25) is 4.79 Å². The normalized spacial score (nSPS) is 10.4. The fourth-order valence-corrected chi connectivity index (χ4v) is 1.85.